The Morgan fingerprint density at radius 1 is 1.00 bits per heavy atom. The fraction of sp³-hybridized carbons (Fsp3) is 0.370. The van der Waals surface area contributed by atoms with Gasteiger partial charge >= 0.3 is 0 Å². The average Bonchev–Trinajstić information content (AvgIpc) is 3.29. The van der Waals surface area contributed by atoms with Crippen molar-refractivity contribution in [2.24, 2.45) is 5.92 Å². The molecule has 1 saturated carbocycles. The molecule has 2 aromatic heterocycles. The number of aryl methyl sites for hydroxylation is 3. The molecule has 0 unspecified atom stereocenters. The van der Waals surface area contributed by atoms with Crippen molar-refractivity contribution >= 4 is 10.9 Å². The van der Waals surface area contributed by atoms with Crippen LogP contribution in [0.15, 0.2) is 53.2 Å². The molecule has 1 aliphatic rings. The van der Waals surface area contributed by atoms with E-state index < -0.39 is 5.92 Å². The molecule has 166 valence electrons. The molecule has 0 amide bonds. The normalized spacial score (nSPS) is 16.7. The van der Waals surface area contributed by atoms with Crippen LogP contribution >= 0.6 is 0 Å². The van der Waals surface area contributed by atoms with Gasteiger partial charge in [-0.2, -0.15) is 0 Å². The molecule has 32 heavy (non-hydrogen) atoms. The number of aromatic nitrogens is 2. The van der Waals surface area contributed by atoms with Crippen LogP contribution in [-0.4, -0.2) is 15.6 Å². The summed E-state index contributed by atoms with van der Waals surface area (Å²) in [5.74, 6) is -1.44. The van der Waals surface area contributed by atoms with Crippen molar-refractivity contribution in [3.8, 4) is 22.3 Å². The quantitative estimate of drug-likeness (QED) is 0.329. The van der Waals surface area contributed by atoms with Crippen LogP contribution in [0.3, 0.4) is 0 Å². The highest BCUT2D eigenvalue weighted by molar-refractivity contribution is 5.98. The summed E-state index contributed by atoms with van der Waals surface area (Å²) in [7, 11) is 0. The molecule has 0 atom stereocenters. The Bertz CT molecular complexity index is 1240. The van der Waals surface area contributed by atoms with E-state index in [1.807, 2.05) is 13.8 Å². The summed E-state index contributed by atoms with van der Waals surface area (Å²) in [6.07, 6.45) is 3.31. The fourth-order valence-corrected chi connectivity index (χ4v) is 5.02. The van der Waals surface area contributed by atoms with Gasteiger partial charge in [0.1, 0.15) is 5.76 Å². The van der Waals surface area contributed by atoms with Crippen molar-refractivity contribution in [3.63, 3.8) is 0 Å². The summed E-state index contributed by atoms with van der Waals surface area (Å²) in [4.78, 5) is 0. The second-order valence-corrected chi connectivity index (χ2v) is 9.29. The van der Waals surface area contributed by atoms with Gasteiger partial charge in [0.15, 0.2) is 0 Å². The third-order valence-electron chi connectivity index (χ3n) is 6.86. The molecule has 0 radical (unpaired) electrons. The minimum Gasteiger partial charge on any atom is -0.361 e. The van der Waals surface area contributed by atoms with Gasteiger partial charge in [0.2, 0.25) is 5.92 Å². The maximum atomic E-state index is 13.7. The Morgan fingerprint density at radius 2 is 1.69 bits per heavy atom. The average molecular weight is 435 g/mol. The molecule has 0 saturated heterocycles. The number of rotatable bonds is 4. The van der Waals surface area contributed by atoms with Crippen LogP contribution in [0.1, 0.15) is 42.7 Å². The second-order valence-electron chi connectivity index (χ2n) is 9.29. The maximum Gasteiger partial charge on any atom is 0.248 e. The van der Waals surface area contributed by atoms with Gasteiger partial charge in [-0.25, -0.2) is 8.78 Å². The zero-order valence-electron chi connectivity index (χ0n) is 18.8. The fourth-order valence-electron chi connectivity index (χ4n) is 5.02. The summed E-state index contributed by atoms with van der Waals surface area (Å²) < 4.78 is 35.0. The first kappa shape index (κ1) is 20.9. The van der Waals surface area contributed by atoms with E-state index in [0.717, 1.165) is 34.6 Å². The number of hydrogen-bond donors (Lipinski definition) is 0. The minimum absolute atomic E-state index is 0.00792. The van der Waals surface area contributed by atoms with Crippen molar-refractivity contribution in [2.75, 3.05) is 0 Å². The van der Waals surface area contributed by atoms with E-state index in [9.17, 15) is 8.78 Å². The number of nitrogens with zero attached hydrogens (tertiary/aromatic N) is 2. The summed E-state index contributed by atoms with van der Waals surface area (Å²) >= 11 is 0. The van der Waals surface area contributed by atoms with Crippen LogP contribution in [0.4, 0.5) is 8.78 Å². The van der Waals surface area contributed by atoms with E-state index in [1.54, 1.807) is 0 Å². The standard InChI is InChI=1S/C27H28F2N2O/c1-17-4-6-21(7-5-17)24-16-31(15-20-10-12-27(28,29)13-11-20)25-14-22(8-9-23(24)25)26-18(2)30-32-19(26)3/h4-9,14,16,20H,10-13,15H2,1-3H3. The third-order valence-corrected chi connectivity index (χ3v) is 6.86. The predicted octanol–water partition coefficient (Wildman–Crippen LogP) is 7.71. The Kier molecular flexibility index (Phi) is 5.15. The van der Waals surface area contributed by atoms with E-state index in [0.29, 0.717) is 12.8 Å². The number of alkyl halides is 2. The van der Waals surface area contributed by atoms with Gasteiger partial charge in [-0.1, -0.05) is 47.1 Å². The Labute approximate surface area is 187 Å². The van der Waals surface area contributed by atoms with Crippen LogP contribution in [-0.2, 0) is 6.54 Å². The summed E-state index contributed by atoms with van der Waals surface area (Å²) in [6.45, 7) is 6.72. The number of fused-ring (bicyclic) bond motifs is 1. The Balaban J connectivity index is 1.60. The van der Waals surface area contributed by atoms with Crippen LogP contribution in [0.25, 0.3) is 33.2 Å². The van der Waals surface area contributed by atoms with Gasteiger partial charge in [-0.05, 0) is 56.7 Å². The predicted molar refractivity (Wildman–Crippen MR) is 124 cm³/mol. The Morgan fingerprint density at radius 3 is 2.34 bits per heavy atom. The largest absolute Gasteiger partial charge is 0.361 e. The lowest BCUT2D eigenvalue weighted by Crippen LogP contribution is -2.26. The number of halogens is 2. The van der Waals surface area contributed by atoms with Gasteiger partial charge in [-0.15, -0.1) is 0 Å². The summed E-state index contributed by atoms with van der Waals surface area (Å²) in [5.41, 5.74) is 7.64. The van der Waals surface area contributed by atoms with E-state index >= 15 is 0 Å². The van der Waals surface area contributed by atoms with Crippen LogP contribution in [0, 0.1) is 26.7 Å². The lowest BCUT2D eigenvalue weighted by atomic mass is 9.87. The summed E-state index contributed by atoms with van der Waals surface area (Å²) in [5, 5.41) is 5.28. The molecule has 3 nitrogen and oxygen atoms in total. The molecular weight excluding hydrogens is 406 g/mol. The zero-order valence-corrected chi connectivity index (χ0v) is 18.8. The first-order chi connectivity index (χ1) is 15.3. The number of hydrogen-bond acceptors (Lipinski definition) is 2. The molecule has 5 heteroatoms. The van der Waals surface area contributed by atoms with Crippen LogP contribution < -0.4 is 0 Å². The molecule has 1 aliphatic carbocycles. The van der Waals surface area contributed by atoms with Crippen LogP contribution in [0.5, 0.6) is 0 Å². The van der Waals surface area contributed by atoms with Crippen molar-refractivity contribution in [1.29, 1.82) is 0 Å². The monoisotopic (exact) mass is 434 g/mol. The maximum absolute atomic E-state index is 13.7. The molecule has 0 N–H and O–H groups in total. The summed E-state index contributed by atoms with van der Waals surface area (Å²) in [6, 6.07) is 15.0. The highest BCUT2D eigenvalue weighted by Crippen LogP contribution is 2.39. The molecule has 5 rings (SSSR count). The molecule has 0 bridgehead atoms. The van der Waals surface area contributed by atoms with Gasteiger partial charge in [-0.3, -0.25) is 0 Å². The lowest BCUT2D eigenvalue weighted by Gasteiger charge is -2.28. The van der Waals surface area contributed by atoms with Crippen molar-refractivity contribution in [2.45, 2.75) is 58.9 Å². The van der Waals surface area contributed by atoms with Crippen molar-refractivity contribution in [1.82, 2.24) is 9.72 Å². The van der Waals surface area contributed by atoms with E-state index in [1.165, 1.54) is 22.1 Å². The zero-order chi connectivity index (χ0) is 22.5. The SMILES string of the molecule is Cc1ccc(-c2cn(CC3CCC(F)(F)CC3)c3cc(-c4c(C)noc4C)ccc23)cc1. The highest BCUT2D eigenvalue weighted by atomic mass is 19.3. The molecule has 2 heterocycles. The Hall–Kier alpha value is -2.95. The van der Waals surface area contributed by atoms with Gasteiger partial charge in [0.05, 0.1) is 5.69 Å². The molecule has 0 spiro atoms. The first-order valence-electron chi connectivity index (χ1n) is 11.3. The number of benzene rings is 2. The second kappa shape index (κ2) is 7.88. The van der Waals surface area contributed by atoms with E-state index in [2.05, 4.69) is 65.3 Å². The molecule has 1 fully saturated rings. The molecule has 2 aromatic carbocycles. The topological polar surface area (TPSA) is 31.0 Å². The lowest BCUT2D eigenvalue weighted by molar-refractivity contribution is -0.0472. The smallest absolute Gasteiger partial charge is 0.248 e. The third kappa shape index (κ3) is 3.85. The van der Waals surface area contributed by atoms with E-state index in [-0.39, 0.29) is 18.8 Å². The molecular formula is C27H28F2N2O. The van der Waals surface area contributed by atoms with Gasteiger partial charge < -0.3 is 9.09 Å². The van der Waals surface area contributed by atoms with Gasteiger partial charge in [0.25, 0.3) is 0 Å². The highest BCUT2D eigenvalue weighted by Gasteiger charge is 2.35. The van der Waals surface area contributed by atoms with E-state index in [4.69, 9.17) is 4.52 Å². The van der Waals surface area contributed by atoms with Gasteiger partial charge in [0, 0.05) is 47.6 Å². The molecule has 0 aliphatic heterocycles. The van der Waals surface area contributed by atoms with Crippen molar-refractivity contribution < 1.29 is 13.3 Å². The van der Waals surface area contributed by atoms with Crippen molar-refractivity contribution in [3.05, 3.63) is 65.7 Å². The van der Waals surface area contributed by atoms with Crippen LogP contribution in [0.2, 0.25) is 0 Å². The minimum atomic E-state index is -2.50. The molecule has 4 aromatic rings. The first-order valence-corrected chi connectivity index (χ1v) is 11.3.